The van der Waals surface area contributed by atoms with Crippen LogP contribution in [0.2, 0.25) is 0 Å². The molecule has 0 fully saturated rings. The third-order valence-electron chi connectivity index (χ3n) is 4.56. The highest BCUT2D eigenvalue weighted by atomic mass is 16.6. The van der Waals surface area contributed by atoms with Gasteiger partial charge in [0.15, 0.2) is 0 Å². The zero-order chi connectivity index (χ0) is 23.1. The van der Waals surface area contributed by atoms with Crippen LogP contribution < -0.4 is 0 Å². The van der Waals surface area contributed by atoms with Crippen LogP contribution >= 0.6 is 0 Å². The quantitative estimate of drug-likeness (QED) is 0.228. The van der Waals surface area contributed by atoms with Gasteiger partial charge in [-0.05, 0) is 32.3 Å². The van der Waals surface area contributed by atoms with Gasteiger partial charge in [0.2, 0.25) is 0 Å². The molecule has 0 radical (unpaired) electrons. The van der Waals surface area contributed by atoms with Crippen LogP contribution in [0.1, 0.15) is 32.3 Å². The van der Waals surface area contributed by atoms with E-state index in [0.717, 1.165) is 5.56 Å². The summed E-state index contributed by atoms with van der Waals surface area (Å²) >= 11 is 0. The fourth-order valence-electron chi connectivity index (χ4n) is 2.88. The Bertz CT molecular complexity index is 714. The monoisotopic (exact) mass is 434 g/mol. The fraction of sp³-hybridized carbons (Fsp3) is 0.500. The number of aliphatic carboxylic acids is 1. The lowest BCUT2D eigenvalue weighted by atomic mass is 9.88. The van der Waals surface area contributed by atoms with Crippen LogP contribution in [0.25, 0.3) is 0 Å². The molecule has 1 aromatic rings. The van der Waals surface area contributed by atoms with E-state index in [1.165, 1.54) is 0 Å². The molecule has 0 heterocycles. The van der Waals surface area contributed by atoms with E-state index in [4.69, 9.17) is 18.9 Å². The predicted octanol–water partition coefficient (Wildman–Crippen LogP) is 3.58. The van der Waals surface area contributed by atoms with Crippen molar-refractivity contribution in [2.45, 2.75) is 38.7 Å². The molecule has 0 aliphatic heterocycles. The molecular formula is C24H34O7. The lowest BCUT2D eigenvalue weighted by Crippen LogP contribution is -2.41. The van der Waals surface area contributed by atoms with Crippen LogP contribution in [0.15, 0.2) is 54.6 Å². The lowest BCUT2D eigenvalue weighted by Gasteiger charge is -2.34. The maximum Gasteiger partial charge on any atom is 0.333 e. The second-order valence-corrected chi connectivity index (χ2v) is 7.27. The maximum atomic E-state index is 11.4. The summed E-state index contributed by atoms with van der Waals surface area (Å²) < 4.78 is 22.2. The number of carboxylic acid groups (broad SMARTS) is 1. The van der Waals surface area contributed by atoms with E-state index in [-0.39, 0.29) is 45.0 Å². The molecule has 1 atom stereocenters. The molecule has 31 heavy (non-hydrogen) atoms. The summed E-state index contributed by atoms with van der Waals surface area (Å²) in [6, 6.07) is 9.92. The molecule has 1 unspecified atom stereocenters. The Balaban J connectivity index is 2.67. The van der Waals surface area contributed by atoms with Gasteiger partial charge in [-0.25, -0.2) is 9.59 Å². The number of rotatable bonds is 17. The van der Waals surface area contributed by atoms with Crippen molar-refractivity contribution >= 4 is 11.9 Å². The van der Waals surface area contributed by atoms with Crippen LogP contribution in [0.3, 0.4) is 0 Å². The van der Waals surface area contributed by atoms with Crippen molar-refractivity contribution in [1.29, 1.82) is 0 Å². The van der Waals surface area contributed by atoms with Crippen molar-refractivity contribution in [2.24, 2.45) is 0 Å². The Morgan fingerprint density at radius 3 is 2.32 bits per heavy atom. The average molecular weight is 435 g/mol. The highest BCUT2D eigenvalue weighted by Gasteiger charge is 2.33. The van der Waals surface area contributed by atoms with Gasteiger partial charge in [0.05, 0.1) is 32.0 Å². The van der Waals surface area contributed by atoms with Gasteiger partial charge >= 0.3 is 11.9 Å². The average Bonchev–Trinajstić information content (AvgIpc) is 2.75. The second kappa shape index (κ2) is 14.5. The maximum absolute atomic E-state index is 11.4. The molecule has 1 N–H and O–H groups in total. The summed E-state index contributed by atoms with van der Waals surface area (Å²) in [6.45, 7) is 12.2. The minimum atomic E-state index is -1.06. The number of aryl methyl sites for hydroxylation is 1. The van der Waals surface area contributed by atoms with E-state index >= 15 is 0 Å². The van der Waals surface area contributed by atoms with Gasteiger partial charge in [0, 0.05) is 24.2 Å². The summed E-state index contributed by atoms with van der Waals surface area (Å²) in [6.07, 6.45) is 1.42. The van der Waals surface area contributed by atoms with Gasteiger partial charge in [-0.15, -0.1) is 0 Å². The second-order valence-electron chi connectivity index (χ2n) is 7.27. The smallest absolute Gasteiger partial charge is 0.333 e. The van der Waals surface area contributed by atoms with Gasteiger partial charge in [-0.3, -0.25) is 0 Å². The Kier molecular flexibility index (Phi) is 12.4. The van der Waals surface area contributed by atoms with Crippen LogP contribution in [0, 0.1) is 0 Å². The van der Waals surface area contributed by atoms with E-state index in [9.17, 15) is 14.7 Å². The third-order valence-corrected chi connectivity index (χ3v) is 4.56. The van der Waals surface area contributed by atoms with Crippen molar-refractivity contribution in [3.05, 3.63) is 60.2 Å². The fourth-order valence-corrected chi connectivity index (χ4v) is 2.88. The molecule has 7 heteroatoms. The number of benzene rings is 1. The molecule has 0 bridgehead atoms. The van der Waals surface area contributed by atoms with E-state index in [2.05, 4.69) is 13.2 Å². The molecule has 0 spiro atoms. The zero-order valence-corrected chi connectivity index (χ0v) is 18.6. The zero-order valence-electron chi connectivity index (χ0n) is 18.6. The molecule has 1 rings (SSSR count). The molecule has 0 aliphatic carbocycles. The predicted molar refractivity (Wildman–Crippen MR) is 118 cm³/mol. The van der Waals surface area contributed by atoms with Crippen molar-refractivity contribution in [1.82, 2.24) is 0 Å². The van der Waals surface area contributed by atoms with Gasteiger partial charge in [-0.2, -0.15) is 0 Å². The standard InChI is InChI=1S/C24H34O7/c1-5-28-18-24(17-20(4)22(25)26,12-11-21-9-7-6-8-10-21)31-16-14-29-13-15-30-23(27)19(2)3/h6-10H,2,4-5,11-18H2,1,3H3,(H,25,26). The molecular weight excluding hydrogens is 400 g/mol. The molecule has 0 aromatic heterocycles. The SMILES string of the molecule is C=C(C)C(=O)OCCOCCOC(CCc1ccccc1)(COCC)CC(=C)C(=O)O. The largest absolute Gasteiger partial charge is 0.478 e. The molecule has 0 saturated heterocycles. The first kappa shape index (κ1) is 26.6. The van der Waals surface area contributed by atoms with Crippen LogP contribution in [-0.4, -0.2) is 62.3 Å². The Labute approximate surface area is 184 Å². The van der Waals surface area contributed by atoms with Crippen molar-refractivity contribution in [2.75, 3.05) is 39.6 Å². The third kappa shape index (κ3) is 10.9. The molecule has 1 aromatic carbocycles. The first-order valence-corrected chi connectivity index (χ1v) is 10.4. The van der Waals surface area contributed by atoms with Crippen molar-refractivity contribution in [3.8, 4) is 0 Å². The number of esters is 1. The van der Waals surface area contributed by atoms with Gasteiger partial charge in [0.1, 0.15) is 6.61 Å². The van der Waals surface area contributed by atoms with Gasteiger partial charge in [0.25, 0.3) is 0 Å². The lowest BCUT2D eigenvalue weighted by molar-refractivity contribution is -0.142. The normalized spacial score (nSPS) is 12.7. The Morgan fingerprint density at radius 2 is 1.71 bits per heavy atom. The van der Waals surface area contributed by atoms with Crippen LogP contribution in [0.4, 0.5) is 0 Å². The number of ether oxygens (including phenoxy) is 4. The molecule has 7 nitrogen and oxygen atoms in total. The molecule has 172 valence electrons. The van der Waals surface area contributed by atoms with Gasteiger partial charge in [-0.1, -0.05) is 43.5 Å². The number of carbonyl (C=O) groups excluding carboxylic acids is 1. The molecule has 0 amide bonds. The first-order chi connectivity index (χ1) is 14.8. The minimum absolute atomic E-state index is 0.0698. The summed E-state index contributed by atoms with van der Waals surface area (Å²) in [4.78, 5) is 22.7. The van der Waals surface area contributed by atoms with E-state index < -0.39 is 17.5 Å². The Hall–Kier alpha value is -2.48. The first-order valence-electron chi connectivity index (χ1n) is 10.4. The summed E-state index contributed by atoms with van der Waals surface area (Å²) in [5.41, 5.74) is 0.696. The van der Waals surface area contributed by atoms with Crippen molar-refractivity contribution in [3.63, 3.8) is 0 Å². The van der Waals surface area contributed by atoms with E-state index in [1.54, 1.807) is 6.92 Å². The highest BCUT2D eigenvalue weighted by Crippen LogP contribution is 2.28. The van der Waals surface area contributed by atoms with E-state index in [1.807, 2.05) is 37.3 Å². The summed E-state index contributed by atoms with van der Waals surface area (Å²) in [5.74, 6) is -1.51. The molecule has 0 saturated carbocycles. The number of carboxylic acids is 1. The van der Waals surface area contributed by atoms with Crippen molar-refractivity contribution < 1.29 is 33.6 Å². The summed E-state index contributed by atoms with van der Waals surface area (Å²) in [5, 5.41) is 9.34. The van der Waals surface area contributed by atoms with Crippen LogP contribution in [0.5, 0.6) is 0 Å². The number of carbonyl (C=O) groups is 2. The highest BCUT2D eigenvalue weighted by molar-refractivity contribution is 5.87. The molecule has 0 aliphatic rings. The summed E-state index contributed by atoms with van der Waals surface area (Å²) in [7, 11) is 0. The van der Waals surface area contributed by atoms with Gasteiger partial charge < -0.3 is 24.1 Å². The van der Waals surface area contributed by atoms with E-state index in [0.29, 0.717) is 25.0 Å². The number of hydrogen-bond donors (Lipinski definition) is 1. The number of hydrogen-bond acceptors (Lipinski definition) is 6. The Morgan fingerprint density at radius 1 is 1.03 bits per heavy atom. The van der Waals surface area contributed by atoms with Crippen LogP contribution in [-0.2, 0) is 35.0 Å². The topological polar surface area (TPSA) is 91.3 Å². The minimum Gasteiger partial charge on any atom is -0.478 e.